The van der Waals surface area contributed by atoms with Crippen molar-refractivity contribution in [3.8, 4) is 0 Å². The van der Waals surface area contributed by atoms with E-state index < -0.39 is 5.25 Å². The summed E-state index contributed by atoms with van der Waals surface area (Å²) >= 11 is 8.91. The van der Waals surface area contributed by atoms with Crippen molar-refractivity contribution in [2.45, 2.75) is 17.1 Å². The second-order valence-electron chi connectivity index (χ2n) is 6.63. The number of carbonyl (C=O) groups excluding carboxylic acids is 1. The molecule has 0 saturated carbocycles. The molecule has 0 unspecified atom stereocenters. The molecule has 0 saturated heterocycles. The van der Waals surface area contributed by atoms with Gasteiger partial charge in [-0.25, -0.2) is 4.98 Å². The van der Waals surface area contributed by atoms with Gasteiger partial charge in [-0.1, -0.05) is 65.4 Å². The number of nitrogens with zero attached hydrogens (tertiary/aromatic N) is 4. The van der Waals surface area contributed by atoms with E-state index in [9.17, 15) is 4.79 Å². The first-order valence-corrected chi connectivity index (χ1v) is 11.7. The Morgan fingerprint density at radius 3 is 2.62 bits per heavy atom. The number of aliphatic imine (C=N–C) groups is 1. The zero-order valence-corrected chi connectivity index (χ0v) is 19.4. The topological polar surface area (TPSA) is 80.1 Å². The van der Waals surface area contributed by atoms with Gasteiger partial charge in [0.1, 0.15) is 15.4 Å². The number of aromatic nitrogens is 3. The molecular weight excluding hydrogens is 462 g/mol. The summed E-state index contributed by atoms with van der Waals surface area (Å²) in [4.78, 5) is 22.7. The highest BCUT2D eigenvalue weighted by Crippen LogP contribution is 2.40. The minimum Gasteiger partial charge on any atom is -0.299 e. The van der Waals surface area contributed by atoms with Crippen molar-refractivity contribution >= 4 is 57.6 Å². The lowest BCUT2D eigenvalue weighted by Gasteiger charge is -2.17. The molecule has 4 rings (SSSR count). The number of halogens is 1. The molecule has 0 bridgehead atoms. The van der Waals surface area contributed by atoms with E-state index in [1.54, 1.807) is 18.5 Å². The molecule has 32 heavy (non-hydrogen) atoms. The van der Waals surface area contributed by atoms with Crippen molar-refractivity contribution in [3.05, 3.63) is 94.2 Å². The van der Waals surface area contributed by atoms with Gasteiger partial charge in [-0.2, -0.15) is 0 Å². The summed E-state index contributed by atoms with van der Waals surface area (Å²) in [6.07, 6.45) is 3.31. The lowest BCUT2D eigenvalue weighted by atomic mass is 10.1. The molecule has 6 nitrogen and oxygen atoms in total. The number of hydrogen-bond acceptors (Lipinski definition) is 7. The number of hydrogen-bond donors (Lipinski definition) is 1. The van der Waals surface area contributed by atoms with Crippen LogP contribution < -0.4 is 5.32 Å². The molecule has 0 aliphatic carbocycles. The van der Waals surface area contributed by atoms with E-state index in [-0.39, 0.29) is 5.91 Å². The van der Waals surface area contributed by atoms with Crippen molar-refractivity contribution < 1.29 is 4.79 Å². The molecule has 1 amide bonds. The molecule has 2 aromatic carbocycles. The monoisotopic (exact) mass is 479 g/mol. The molecule has 9 heteroatoms. The highest BCUT2D eigenvalue weighted by molar-refractivity contribution is 8.00. The molecule has 2 aromatic heterocycles. The van der Waals surface area contributed by atoms with E-state index >= 15 is 0 Å². The van der Waals surface area contributed by atoms with Crippen LogP contribution in [0.5, 0.6) is 0 Å². The second-order valence-corrected chi connectivity index (χ2v) is 9.32. The van der Waals surface area contributed by atoms with Crippen molar-refractivity contribution in [1.29, 1.82) is 0 Å². The van der Waals surface area contributed by atoms with Gasteiger partial charge in [0.15, 0.2) is 0 Å². The van der Waals surface area contributed by atoms with Gasteiger partial charge in [-0.15, -0.1) is 22.0 Å². The van der Waals surface area contributed by atoms with Crippen LogP contribution in [-0.4, -0.2) is 27.3 Å². The number of carbonyl (C=O) groups is 1. The van der Waals surface area contributed by atoms with Crippen molar-refractivity contribution in [1.82, 2.24) is 15.2 Å². The molecule has 4 aromatic rings. The number of aryl methyl sites for hydroxylation is 1. The Hall–Kier alpha value is -3.07. The zero-order valence-electron chi connectivity index (χ0n) is 17.0. The molecule has 0 radical (unpaired) electrons. The fraction of sp³-hybridized carbons (Fsp3) is 0.0870. The summed E-state index contributed by atoms with van der Waals surface area (Å²) < 4.78 is 0. The maximum Gasteiger partial charge on any atom is 0.244 e. The lowest BCUT2D eigenvalue weighted by molar-refractivity contribution is -0.115. The van der Waals surface area contributed by atoms with Crippen LogP contribution in [-0.2, 0) is 4.79 Å². The highest BCUT2D eigenvalue weighted by atomic mass is 35.5. The fourth-order valence-electron chi connectivity index (χ4n) is 2.84. The van der Waals surface area contributed by atoms with Crippen molar-refractivity contribution in [2.75, 3.05) is 5.32 Å². The number of pyridine rings is 1. The number of benzene rings is 2. The molecule has 1 atom stereocenters. The van der Waals surface area contributed by atoms with Gasteiger partial charge >= 0.3 is 0 Å². The summed E-state index contributed by atoms with van der Waals surface area (Å²) in [5, 5.41) is 12.0. The highest BCUT2D eigenvalue weighted by Gasteiger charge is 2.24. The molecule has 2 heterocycles. The quantitative estimate of drug-likeness (QED) is 0.196. The Kier molecular flexibility index (Phi) is 7.26. The Balaban J connectivity index is 1.62. The summed E-state index contributed by atoms with van der Waals surface area (Å²) in [5.74, 6) is -0.175. The summed E-state index contributed by atoms with van der Waals surface area (Å²) in [7, 11) is 0. The first kappa shape index (κ1) is 22.1. The van der Waals surface area contributed by atoms with Crippen LogP contribution >= 0.6 is 34.7 Å². The van der Waals surface area contributed by atoms with Gasteiger partial charge in [0.05, 0.1) is 5.69 Å². The largest absolute Gasteiger partial charge is 0.299 e. The Labute approximate surface area is 198 Å². The Morgan fingerprint density at radius 1 is 1.09 bits per heavy atom. The van der Waals surface area contributed by atoms with Crippen LogP contribution in [0, 0.1) is 6.92 Å². The smallest absolute Gasteiger partial charge is 0.244 e. The van der Waals surface area contributed by atoms with E-state index in [0.29, 0.717) is 10.3 Å². The maximum atomic E-state index is 13.2. The van der Waals surface area contributed by atoms with E-state index in [4.69, 9.17) is 11.6 Å². The number of nitrogens with one attached hydrogen (secondary N) is 1. The summed E-state index contributed by atoms with van der Waals surface area (Å²) in [6, 6.07) is 20.9. The third-order valence-corrected chi connectivity index (χ3v) is 6.73. The first-order valence-electron chi connectivity index (χ1n) is 9.66. The first-order chi connectivity index (χ1) is 15.6. The number of anilines is 1. The lowest BCUT2D eigenvalue weighted by Crippen LogP contribution is -2.19. The predicted octanol–water partition coefficient (Wildman–Crippen LogP) is 6.12. The van der Waals surface area contributed by atoms with Crippen LogP contribution in [0.15, 0.2) is 82.8 Å². The van der Waals surface area contributed by atoms with Crippen LogP contribution in [0.4, 0.5) is 10.8 Å². The average molecular weight is 480 g/mol. The number of rotatable bonds is 7. The molecule has 0 aliphatic rings. The maximum absolute atomic E-state index is 13.2. The second kappa shape index (κ2) is 10.5. The van der Waals surface area contributed by atoms with Crippen LogP contribution in [0.1, 0.15) is 21.4 Å². The number of para-hydroxylation sites is 1. The van der Waals surface area contributed by atoms with E-state index in [1.807, 2.05) is 67.6 Å². The summed E-state index contributed by atoms with van der Waals surface area (Å²) in [5.41, 5.74) is 2.33. The molecule has 1 N–H and O–H groups in total. The Bertz CT molecular complexity index is 1250. The molecule has 0 fully saturated rings. The number of amides is 1. The van der Waals surface area contributed by atoms with Gasteiger partial charge < -0.3 is 0 Å². The van der Waals surface area contributed by atoms with Crippen molar-refractivity contribution in [2.24, 2.45) is 4.99 Å². The average Bonchev–Trinajstić information content (AvgIpc) is 3.22. The fourth-order valence-corrected chi connectivity index (χ4v) is 4.72. The van der Waals surface area contributed by atoms with Crippen LogP contribution in [0.25, 0.3) is 0 Å². The molecule has 160 valence electrons. The third-order valence-electron chi connectivity index (χ3n) is 4.34. The molecule has 0 spiro atoms. The summed E-state index contributed by atoms with van der Waals surface area (Å²) in [6.45, 7) is 1.85. The van der Waals surface area contributed by atoms with E-state index in [2.05, 4.69) is 25.5 Å². The SMILES string of the molecule is Cc1nnc(NC(=O)[C@H](Sc2ccccc2N=Cc2cccnc2Cl)c2ccccc2)s1. The minimum absolute atomic E-state index is 0.175. The van der Waals surface area contributed by atoms with Gasteiger partial charge in [0, 0.05) is 22.9 Å². The van der Waals surface area contributed by atoms with Gasteiger partial charge in [-0.05, 0) is 36.8 Å². The molecule has 0 aliphatic heterocycles. The predicted molar refractivity (Wildman–Crippen MR) is 131 cm³/mol. The number of thioether (sulfide) groups is 1. The van der Waals surface area contributed by atoms with Gasteiger partial charge in [0.2, 0.25) is 11.0 Å². The minimum atomic E-state index is -0.501. The van der Waals surface area contributed by atoms with Crippen molar-refractivity contribution in [3.63, 3.8) is 0 Å². The van der Waals surface area contributed by atoms with Gasteiger partial charge in [-0.3, -0.25) is 15.1 Å². The van der Waals surface area contributed by atoms with Gasteiger partial charge in [0.25, 0.3) is 0 Å². The zero-order chi connectivity index (χ0) is 22.3. The van der Waals surface area contributed by atoms with E-state index in [0.717, 1.165) is 26.7 Å². The standard InChI is InChI=1S/C23H18ClN5OS2/c1-15-28-29-23(31-15)27-22(30)20(16-8-3-2-4-9-16)32-19-12-6-5-11-18(19)26-14-17-10-7-13-25-21(17)24/h2-14,20H,1H3,(H,27,29,30)/t20-/m1/s1. The van der Waals surface area contributed by atoms with E-state index in [1.165, 1.54) is 23.1 Å². The normalized spacial score (nSPS) is 12.1. The van der Waals surface area contributed by atoms with Crippen LogP contribution in [0.2, 0.25) is 5.15 Å². The molecular formula is C23H18ClN5OS2. The Morgan fingerprint density at radius 2 is 1.88 bits per heavy atom. The van der Waals surface area contributed by atoms with Crippen LogP contribution in [0.3, 0.4) is 0 Å². The third kappa shape index (κ3) is 5.59.